The molecule has 90 valence electrons. The topological polar surface area (TPSA) is 44.5 Å². The summed E-state index contributed by atoms with van der Waals surface area (Å²) in [6.07, 6.45) is 5.66. The summed E-state index contributed by atoms with van der Waals surface area (Å²) < 4.78 is 11.0. The lowest BCUT2D eigenvalue weighted by Gasteiger charge is -2.36. The number of hydrogen-bond acceptors (Lipinski definition) is 3. The van der Waals surface area contributed by atoms with E-state index in [9.17, 15) is 0 Å². The highest BCUT2D eigenvalue weighted by Crippen LogP contribution is 2.32. The Morgan fingerprint density at radius 2 is 2.00 bits per heavy atom. The first kappa shape index (κ1) is 12.9. The molecule has 0 aromatic heterocycles. The van der Waals surface area contributed by atoms with Gasteiger partial charge in [-0.2, -0.15) is 0 Å². The Balaban J connectivity index is 2.15. The number of nitrogens with two attached hydrogens (primary N) is 1. The molecule has 0 radical (unpaired) electrons. The largest absolute Gasteiger partial charge is 0.381 e. The van der Waals surface area contributed by atoms with Gasteiger partial charge in [0.25, 0.3) is 0 Å². The van der Waals surface area contributed by atoms with Gasteiger partial charge in [0, 0.05) is 26.4 Å². The fourth-order valence-electron chi connectivity index (χ4n) is 2.00. The van der Waals surface area contributed by atoms with Crippen LogP contribution in [0.15, 0.2) is 0 Å². The van der Waals surface area contributed by atoms with E-state index in [1.807, 2.05) is 0 Å². The third-order valence-electron chi connectivity index (χ3n) is 3.41. The Bertz CT molecular complexity index is 156. The SMILES string of the molecule is CCCCOCCC1(CN)CCOCC1. The molecule has 0 unspecified atom stereocenters. The second-order valence-electron chi connectivity index (χ2n) is 4.53. The maximum atomic E-state index is 5.87. The molecule has 2 N–H and O–H groups in total. The van der Waals surface area contributed by atoms with Crippen molar-refractivity contribution < 1.29 is 9.47 Å². The predicted octanol–water partition coefficient (Wildman–Crippen LogP) is 1.95. The molecule has 0 bridgehead atoms. The molecule has 0 atom stereocenters. The first-order valence-corrected chi connectivity index (χ1v) is 6.18. The average Bonchev–Trinajstić information content (AvgIpc) is 2.30. The molecule has 3 nitrogen and oxygen atoms in total. The molecule has 0 amide bonds. The Morgan fingerprint density at radius 3 is 2.60 bits per heavy atom. The van der Waals surface area contributed by atoms with Crippen LogP contribution in [0.25, 0.3) is 0 Å². The summed E-state index contributed by atoms with van der Waals surface area (Å²) in [7, 11) is 0. The van der Waals surface area contributed by atoms with Crippen LogP contribution >= 0.6 is 0 Å². The summed E-state index contributed by atoms with van der Waals surface area (Å²) >= 11 is 0. The number of unbranched alkanes of at least 4 members (excludes halogenated alkanes) is 1. The second-order valence-corrected chi connectivity index (χ2v) is 4.53. The summed E-state index contributed by atoms with van der Waals surface area (Å²) in [6, 6.07) is 0. The first-order valence-electron chi connectivity index (χ1n) is 6.18. The van der Waals surface area contributed by atoms with Crippen LogP contribution in [0.3, 0.4) is 0 Å². The molecule has 1 aliphatic rings. The quantitative estimate of drug-likeness (QED) is 0.660. The van der Waals surface area contributed by atoms with E-state index in [-0.39, 0.29) is 0 Å². The summed E-state index contributed by atoms with van der Waals surface area (Å²) in [5, 5.41) is 0. The van der Waals surface area contributed by atoms with Crippen LogP contribution in [0.2, 0.25) is 0 Å². The van der Waals surface area contributed by atoms with Crippen LogP contribution in [0.4, 0.5) is 0 Å². The zero-order chi connectivity index (χ0) is 11.0. The fourth-order valence-corrected chi connectivity index (χ4v) is 2.00. The lowest BCUT2D eigenvalue weighted by molar-refractivity contribution is -0.00235. The van der Waals surface area contributed by atoms with Gasteiger partial charge < -0.3 is 15.2 Å². The minimum Gasteiger partial charge on any atom is -0.381 e. The molecule has 0 saturated carbocycles. The Labute approximate surface area is 93.3 Å². The van der Waals surface area contributed by atoms with E-state index in [1.54, 1.807) is 0 Å². The second kappa shape index (κ2) is 7.20. The molecule has 0 spiro atoms. The smallest absolute Gasteiger partial charge is 0.0471 e. The summed E-state index contributed by atoms with van der Waals surface area (Å²) in [5.74, 6) is 0. The van der Waals surface area contributed by atoms with Gasteiger partial charge in [-0.05, 0) is 37.6 Å². The predicted molar refractivity (Wildman–Crippen MR) is 61.9 cm³/mol. The molecule has 1 rings (SSSR count). The van der Waals surface area contributed by atoms with Gasteiger partial charge in [-0.25, -0.2) is 0 Å². The average molecular weight is 215 g/mol. The monoisotopic (exact) mass is 215 g/mol. The van der Waals surface area contributed by atoms with E-state index in [4.69, 9.17) is 15.2 Å². The fraction of sp³-hybridized carbons (Fsp3) is 1.00. The van der Waals surface area contributed by atoms with E-state index in [2.05, 4.69) is 6.92 Å². The lowest BCUT2D eigenvalue weighted by atomic mass is 9.78. The van der Waals surface area contributed by atoms with Crippen molar-refractivity contribution in [1.82, 2.24) is 0 Å². The first-order chi connectivity index (χ1) is 7.33. The van der Waals surface area contributed by atoms with E-state index in [0.717, 1.165) is 52.2 Å². The Kier molecular flexibility index (Phi) is 6.22. The van der Waals surface area contributed by atoms with Crippen molar-refractivity contribution >= 4 is 0 Å². The molecular weight excluding hydrogens is 190 g/mol. The van der Waals surface area contributed by atoms with Gasteiger partial charge in [-0.15, -0.1) is 0 Å². The Morgan fingerprint density at radius 1 is 1.27 bits per heavy atom. The van der Waals surface area contributed by atoms with Gasteiger partial charge in [0.2, 0.25) is 0 Å². The molecule has 0 aromatic rings. The van der Waals surface area contributed by atoms with E-state index < -0.39 is 0 Å². The third-order valence-corrected chi connectivity index (χ3v) is 3.41. The van der Waals surface area contributed by atoms with Gasteiger partial charge in [-0.3, -0.25) is 0 Å². The maximum absolute atomic E-state index is 5.87. The van der Waals surface area contributed by atoms with Crippen LogP contribution in [0.1, 0.15) is 39.0 Å². The van der Waals surface area contributed by atoms with Crippen molar-refractivity contribution in [3.05, 3.63) is 0 Å². The molecule has 0 aromatic carbocycles. The minimum absolute atomic E-state index is 0.296. The van der Waals surface area contributed by atoms with Crippen molar-refractivity contribution in [2.24, 2.45) is 11.1 Å². The molecule has 1 fully saturated rings. The lowest BCUT2D eigenvalue weighted by Crippen LogP contribution is -2.37. The van der Waals surface area contributed by atoms with Crippen LogP contribution in [-0.2, 0) is 9.47 Å². The number of hydrogen-bond donors (Lipinski definition) is 1. The molecule has 1 aliphatic heterocycles. The van der Waals surface area contributed by atoms with Gasteiger partial charge in [-0.1, -0.05) is 13.3 Å². The molecule has 15 heavy (non-hydrogen) atoms. The molecular formula is C12H25NO2. The highest BCUT2D eigenvalue weighted by atomic mass is 16.5. The van der Waals surface area contributed by atoms with E-state index >= 15 is 0 Å². The van der Waals surface area contributed by atoms with Gasteiger partial charge >= 0.3 is 0 Å². The van der Waals surface area contributed by atoms with E-state index in [0.29, 0.717) is 5.41 Å². The number of ether oxygens (including phenoxy) is 2. The van der Waals surface area contributed by atoms with Crippen molar-refractivity contribution in [3.63, 3.8) is 0 Å². The maximum Gasteiger partial charge on any atom is 0.0471 e. The van der Waals surface area contributed by atoms with Crippen LogP contribution in [0.5, 0.6) is 0 Å². The third kappa shape index (κ3) is 4.49. The summed E-state index contributed by atoms with van der Waals surface area (Å²) in [4.78, 5) is 0. The summed E-state index contributed by atoms with van der Waals surface area (Å²) in [6.45, 7) is 6.44. The minimum atomic E-state index is 0.296. The van der Waals surface area contributed by atoms with Gasteiger partial charge in [0.15, 0.2) is 0 Å². The van der Waals surface area contributed by atoms with Crippen LogP contribution in [-0.4, -0.2) is 33.0 Å². The normalized spacial score (nSPS) is 20.4. The van der Waals surface area contributed by atoms with Crippen molar-refractivity contribution in [1.29, 1.82) is 0 Å². The van der Waals surface area contributed by atoms with Crippen molar-refractivity contribution in [3.8, 4) is 0 Å². The Hall–Kier alpha value is -0.120. The standard InChI is InChI=1S/C12H25NO2/c1-2-3-7-14-8-4-12(11-13)5-9-15-10-6-12/h2-11,13H2,1H3. The van der Waals surface area contributed by atoms with Gasteiger partial charge in [0.1, 0.15) is 0 Å². The molecule has 0 aliphatic carbocycles. The molecule has 1 heterocycles. The zero-order valence-corrected chi connectivity index (χ0v) is 9.96. The zero-order valence-electron chi connectivity index (χ0n) is 9.96. The highest BCUT2D eigenvalue weighted by Gasteiger charge is 2.30. The van der Waals surface area contributed by atoms with Crippen molar-refractivity contribution in [2.45, 2.75) is 39.0 Å². The van der Waals surface area contributed by atoms with Gasteiger partial charge in [0.05, 0.1) is 0 Å². The van der Waals surface area contributed by atoms with Crippen LogP contribution in [0, 0.1) is 5.41 Å². The molecule has 3 heteroatoms. The van der Waals surface area contributed by atoms with E-state index in [1.165, 1.54) is 12.8 Å². The van der Waals surface area contributed by atoms with Crippen LogP contribution < -0.4 is 5.73 Å². The number of rotatable bonds is 7. The van der Waals surface area contributed by atoms with Crippen molar-refractivity contribution in [2.75, 3.05) is 33.0 Å². The summed E-state index contributed by atoms with van der Waals surface area (Å²) in [5.41, 5.74) is 6.16. The molecule has 1 saturated heterocycles. The highest BCUT2D eigenvalue weighted by molar-refractivity contribution is 4.82.